The van der Waals surface area contributed by atoms with Crippen LogP contribution in [0.25, 0.3) is 5.65 Å². The second kappa shape index (κ2) is 6.88. The van der Waals surface area contributed by atoms with Crippen molar-refractivity contribution in [3.63, 3.8) is 0 Å². The van der Waals surface area contributed by atoms with Crippen LogP contribution in [0.15, 0.2) is 36.7 Å². The van der Waals surface area contributed by atoms with Gasteiger partial charge in [-0.1, -0.05) is 0 Å². The minimum Gasteiger partial charge on any atom is -0.330 e. The molecule has 1 saturated heterocycles. The van der Waals surface area contributed by atoms with Crippen LogP contribution in [0.5, 0.6) is 0 Å². The van der Waals surface area contributed by atoms with Crippen molar-refractivity contribution in [2.45, 2.75) is 38.4 Å². The summed E-state index contributed by atoms with van der Waals surface area (Å²) in [6.07, 6.45) is 0.863. The number of pyridine rings is 1. The SMILES string of the molecule is Cc1cc(C(F)(F)F)n2nc([C@H]3CCCCN3C(=O)c3cccnc3)cc2n1. The smallest absolute Gasteiger partial charge is 0.330 e. The molecule has 0 radical (unpaired) electrons. The van der Waals surface area contributed by atoms with E-state index in [4.69, 9.17) is 0 Å². The number of hydrogen-bond acceptors (Lipinski definition) is 4. The molecule has 4 heterocycles. The summed E-state index contributed by atoms with van der Waals surface area (Å²) in [7, 11) is 0. The Bertz CT molecular complexity index is 1020. The van der Waals surface area contributed by atoms with Crippen LogP contribution in [0.3, 0.4) is 0 Å². The number of aromatic nitrogens is 4. The van der Waals surface area contributed by atoms with E-state index in [0.29, 0.717) is 24.2 Å². The first-order valence-electron chi connectivity index (χ1n) is 9.00. The monoisotopic (exact) mass is 389 g/mol. The van der Waals surface area contributed by atoms with Gasteiger partial charge in [0.25, 0.3) is 5.91 Å². The maximum atomic E-state index is 13.4. The lowest BCUT2D eigenvalue weighted by atomic mass is 9.98. The fourth-order valence-electron chi connectivity index (χ4n) is 3.62. The second-order valence-electron chi connectivity index (χ2n) is 6.87. The van der Waals surface area contributed by atoms with Crippen LogP contribution in [-0.4, -0.2) is 36.9 Å². The van der Waals surface area contributed by atoms with Crippen LogP contribution in [0.4, 0.5) is 13.2 Å². The number of aryl methyl sites for hydroxylation is 1. The van der Waals surface area contributed by atoms with Gasteiger partial charge in [0.1, 0.15) is 5.69 Å². The summed E-state index contributed by atoms with van der Waals surface area (Å²) < 4.78 is 41.1. The minimum atomic E-state index is -4.55. The van der Waals surface area contributed by atoms with Gasteiger partial charge in [0.05, 0.1) is 17.3 Å². The molecule has 0 saturated carbocycles. The van der Waals surface area contributed by atoms with E-state index in [1.165, 1.54) is 13.1 Å². The van der Waals surface area contributed by atoms with Crippen molar-refractivity contribution < 1.29 is 18.0 Å². The van der Waals surface area contributed by atoms with Crippen molar-refractivity contribution in [3.05, 3.63) is 59.3 Å². The normalized spacial score (nSPS) is 17.9. The molecule has 1 aliphatic rings. The van der Waals surface area contributed by atoms with Crippen LogP contribution in [0.2, 0.25) is 0 Å². The topological polar surface area (TPSA) is 63.4 Å². The van der Waals surface area contributed by atoms with E-state index in [0.717, 1.165) is 23.4 Å². The van der Waals surface area contributed by atoms with Gasteiger partial charge in [-0.3, -0.25) is 9.78 Å². The average Bonchev–Trinajstić information content (AvgIpc) is 3.10. The van der Waals surface area contributed by atoms with E-state index in [2.05, 4.69) is 15.1 Å². The molecule has 146 valence electrons. The summed E-state index contributed by atoms with van der Waals surface area (Å²) in [5, 5.41) is 4.19. The van der Waals surface area contributed by atoms with Crippen molar-refractivity contribution in [3.8, 4) is 0 Å². The molecule has 0 aromatic carbocycles. The second-order valence-corrected chi connectivity index (χ2v) is 6.87. The highest BCUT2D eigenvalue weighted by Crippen LogP contribution is 2.34. The zero-order chi connectivity index (χ0) is 19.9. The number of fused-ring (bicyclic) bond motifs is 1. The van der Waals surface area contributed by atoms with E-state index < -0.39 is 17.9 Å². The summed E-state index contributed by atoms with van der Waals surface area (Å²) in [5.41, 5.74) is 0.380. The Balaban J connectivity index is 1.76. The van der Waals surface area contributed by atoms with Crippen molar-refractivity contribution >= 4 is 11.6 Å². The molecule has 0 unspecified atom stereocenters. The molecule has 1 aliphatic heterocycles. The molecule has 3 aromatic rings. The van der Waals surface area contributed by atoms with Crippen molar-refractivity contribution in [2.24, 2.45) is 0 Å². The maximum Gasteiger partial charge on any atom is 0.433 e. The number of carbonyl (C=O) groups is 1. The Morgan fingerprint density at radius 3 is 2.79 bits per heavy atom. The molecule has 4 rings (SSSR count). The van der Waals surface area contributed by atoms with E-state index in [1.54, 1.807) is 29.3 Å². The number of alkyl halides is 3. The van der Waals surface area contributed by atoms with Crippen LogP contribution in [-0.2, 0) is 6.18 Å². The zero-order valence-electron chi connectivity index (χ0n) is 15.1. The van der Waals surface area contributed by atoms with Gasteiger partial charge in [-0.05, 0) is 44.4 Å². The number of likely N-dealkylation sites (tertiary alicyclic amines) is 1. The van der Waals surface area contributed by atoms with E-state index in [1.807, 2.05) is 0 Å². The van der Waals surface area contributed by atoms with Gasteiger partial charge < -0.3 is 4.90 Å². The minimum absolute atomic E-state index is 0.127. The quantitative estimate of drug-likeness (QED) is 0.669. The highest BCUT2D eigenvalue weighted by atomic mass is 19.4. The number of carbonyl (C=O) groups excluding carboxylic acids is 1. The fourth-order valence-corrected chi connectivity index (χ4v) is 3.62. The molecular weight excluding hydrogens is 371 g/mol. The molecule has 28 heavy (non-hydrogen) atoms. The number of halogens is 3. The number of amides is 1. The molecule has 3 aromatic heterocycles. The van der Waals surface area contributed by atoms with Gasteiger partial charge in [0, 0.05) is 30.7 Å². The number of rotatable bonds is 2. The molecular formula is C19H18F3N5O. The van der Waals surface area contributed by atoms with Gasteiger partial charge in [-0.25, -0.2) is 9.50 Å². The van der Waals surface area contributed by atoms with Crippen molar-refractivity contribution in [2.75, 3.05) is 6.54 Å². The lowest BCUT2D eigenvalue weighted by molar-refractivity contribution is -0.142. The summed E-state index contributed by atoms with van der Waals surface area (Å²) in [4.78, 5) is 22.8. The Labute approximate surface area is 159 Å². The third kappa shape index (κ3) is 3.32. The summed E-state index contributed by atoms with van der Waals surface area (Å²) >= 11 is 0. The number of piperidine rings is 1. The van der Waals surface area contributed by atoms with Gasteiger partial charge in [-0.2, -0.15) is 18.3 Å². The lowest BCUT2D eigenvalue weighted by Crippen LogP contribution is -2.38. The summed E-state index contributed by atoms with van der Waals surface area (Å²) in [5.74, 6) is -0.199. The van der Waals surface area contributed by atoms with Crippen LogP contribution in [0, 0.1) is 6.92 Å². The maximum absolute atomic E-state index is 13.4. The Kier molecular flexibility index (Phi) is 4.52. The van der Waals surface area contributed by atoms with Gasteiger partial charge >= 0.3 is 6.18 Å². The van der Waals surface area contributed by atoms with E-state index in [-0.39, 0.29) is 17.2 Å². The molecule has 1 amide bonds. The number of hydrogen-bond donors (Lipinski definition) is 0. The van der Waals surface area contributed by atoms with Crippen molar-refractivity contribution in [1.82, 2.24) is 24.5 Å². The first kappa shape index (κ1) is 18.4. The standard InChI is InChI=1S/C19H18F3N5O/c1-12-9-16(19(20,21)22)27-17(24-12)10-14(25-27)15-6-2-3-8-26(15)18(28)13-5-4-7-23-11-13/h4-5,7,9-11,15H,2-3,6,8H2,1H3/t15-/m1/s1. The third-order valence-electron chi connectivity index (χ3n) is 4.88. The molecule has 1 fully saturated rings. The van der Waals surface area contributed by atoms with E-state index in [9.17, 15) is 18.0 Å². The van der Waals surface area contributed by atoms with Crippen LogP contribution < -0.4 is 0 Å². The Morgan fingerprint density at radius 2 is 2.07 bits per heavy atom. The van der Waals surface area contributed by atoms with Gasteiger partial charge in [0.15, 0.2) is 5.65 Å². The molecule has 6 nitrogen and oxygen atoms in total. The summed E-state index contributed by atoms with van der Waals surface area (Å²) in [6.45, 7) is 2.03. The van der Waals surface area contributed by atoms with Gasteiger partial charge in [0.2, 0.25) is 0 Å². The molecule has 0 aliphatic carbocycles. The first-order chi connectivity index (χ1) is 13.3. The van der Waals surface area contributed by atoms with Crippen molar-refractivity contribution in [1.29, 1.82) is 0 Å². The predicted molar refractivity (Wildman–Crippen MR) is 94.6 cm³/mol. The van der Waals surface area contributed by atoms with Crippen LogP contribution >= 0.6 is 0 Å². The van der Waals surface area contributed by atoms with Crippen LogP contribution in [0.1, 0.15) is 52.7 Å². The van der Waals surface area contributed by atoms with E-state index >= 15 is 0 Å². The lowest BCUT2D eigenvalue weighted by Gasteiger charge is -2.34. The molecule has 0 bridgehead atoms. The van der Waals surface area contributed by atoms with Gasteiger partial charge in [-0.15, -0.1) is 0 Å². The molecule has 0 spiro atoms. The third-order valence-corrected chi connectivity index (χ3v) is 4.88. The Hall–Kier alpha value is -2.97. The largest absolute Gasteiger partial charge is 0.433 e. The zero-order valence-corrected chi connectivity index (χ0v) is 15.1. The average molecular weight is 389 g/mol. The number of nitrogens with zero attached hydrogens (tertiary/aromatic N) is 5. The highest BCUT2D eigenvalue weighted by Gasteiger charge is 2.36. The summed E-state index contributed by atoms with van der Waals surface area (Å²) in [6, 6.07) is 5.48. The Morgan fingerprint density at radius 1 is 1.25 bits per heavy atom. The molecule has 0 N–H and O–H groups in total. The first-order valence-corrected chi connectivity index (χ1v) is 9.00. The fraction of sp³-hybridized carbons (Fsp3) is 0.368. The molecule has 1 atom stereocenters. The predicted octanol–water partition coefficient (Wildman–Crippen LogP) is 3.82. The highest BCUT2D eigenvalue weighted by molar-refractivity contribution is 5.94. The molecule has 9 heteroatoms.